The molecule has 0 atom stereocenters. The molecular formula is C19H22BrNO5. The van der Waals surface area contributed by atoms with Gasteiger partial charge in [-0.15, -0.1) is 0 Å². The SMILES string of the molecule is COc1cc(OC)c(OC)cc1CNC(=O)COc1ccc(C)cc1Br. The number of methoxy groups -OCH3 is 3. The Morgan fingerprint density at radius 1 is 0.962 bits per heavy atom. The first-order valence-corrected chi connectivity index (χ1v) is 8.72. The van der Waals surface area contributed by atoms with Crippen LogP contribution >= 0.6 is 15.9 Å². The van der Waals surface area contributed by atoms with Gasteiger partial charge in [0.25, 0.3) is 5.91 Å². The molecule has 0 aliphatic rings. The zero-order chi connectivity index (χ0) is 19.1. The van der Waals surface area contributed by atoms with Crippen LogP contribution in [0.5, 0.6) is 23.0 Å². The minimum Gasteiger partial charge on any atom is -0.496 e. The number of rotatable bonds is 8. The number of benzene rings is 2. The first-order chi connectivity index (χ1) is 12.5. The van der Waals surface area contributed by atoms with Gasteiger partial charge in [-0.25, -0.2) is 0 Å². The Morgan fingerprint density at radius 3 is 2.23 bits per heavy atom. The first kappa shape index (κ1) is 19.9. The predicted octanol–water partition coefficient (Wildman–Crippen LogP) is 3.48. The molecule has 26 heavy (non-hydrogen) atoms. The van der Waals surface area contributed by atoms with Crippen molar-refractivity contribution in [1.29, 1.82) is 0 Å². The summed E-state index contributed by atoms with van der Waals surface area (Å²) in [5, 5.41) is 2.81. The van der Waals surface area contributed by atoms with E-state index in [0.717, 1.165) is 15.6 Å². The summed E-state index contributed by atoms with van der Waals surface area (Å²) in [6.07, 6.45) is 0. The van der Waals surface area contributed by atoms with Gasteiger partial charge < -0.3 is 24.3 Å². The molecule has 0 aliphatic carbocycles. The summed E-state index contributed by atoms with van der Waals surface area (Å²) in [6, 6.07) is 9.17. The third-order valence-corrected chi connectivity index (χ3v) is 4.33. The molecule has 0 fully saturated rings. The molecule has 6 nitrogen and oxygen atoms in total. The fourth-order valence-electron chi connectivity index (χ4n) is 2.34. The largest absolute Gasteiger partial charge is 0.496 e. The fraction of sp³-hybridized carbons (Fsp3) is 0.316. The summed E-state index contributed by atoms with van der Waals surface area (Å²) in [7, 11) is 4.67. The highest BCUT2D eigenvalue weighted by molar-refractivity contribution is 9.10. The van der Waals surface area contributed by atoms with Crippen molar-refractivity contribution in [3.8, 4) is 23.0 Å². The standard InChI is InChI=1S/C19H22BrNO5/c1-12-5-6-15(14(20)7-12)26-11-19(22)21-10-13-8-17(24-3)18(25-4)9-16(13)23-2/h5-9H,10-11H2,1-4H3,(H,21,22). The van der Waals surface area contributed by atoms with Crippen molar-refractivity contribution in [3.63, 3.8) is 0 Å². The molecule has 0 radical (unpaired) electrons. The lowest BCUT2D eigenvalue weighted by molar-refractivity contribution is -0.123. The molecule has 0 aliphatic heterocycles. The van der Waals surface area contributed by atoms with Crippen molar-refractivity contribution in [2.24, 2.45) is 0 Å². The maximum atomic E-state index is 12.1. The highest BCUT2D eigenvalue weighted by Crippen LogP contribution is 2.34. The monoisotopic (exact) mass is 423 g/mol. The van der Waals surface area contributed by atoms with Crippen LogP contribution in [0.1, 0.15) is 11.1 Å². The van der Waals surface area contributed by atoms with Gasteiger partial charge >= 0.3 is 0 Å². The van der Waals surface area contributed by atoms with E-state index in [1.165, 1.54) is 0 Å². The van der Waals surface area contributed by atoms with Crippen molar-refractivity contribution in [2.75, 3.05) is 27.9 Å². The van der Waals surface area contributed by atoms with Crippen LogP contribution in [0.2, 0.25) is 0 Å². The highest BCUT2D eigenvalue weighted by atomic mass is 79.9. The third kappa shape index (κ3) is 5.05. The third-order valence-electron chi connectivity index (χ3n) is 3.71. The second-order valence-electron chi connectivity index (χ2n) is 5.52. The zero-order valence-corrected chi connectivity index (χ0v) is 16.8. The van der Waals surface area contributed by atoms with E-state index in [1.54, 1.807) is 33.5 Å². The van der Waals surface area contributed by atoms with Crippen LogP contribution in [0.15, 0.2) is 34.8 Å². The topological polar surface area (TPSA) is 66.0 Å². The van der Waals surface area contributed by atoms with Crippen LogP contribution in [0, 0.1) is 6.92 Å². The average Bonchev–Trinajstić information content (AvgIpc) is 2.64. The molecule has 0 bridgehead atoms. The Hall–Kier alpha value is -2.41. The van der Waals surface area contributed by atoms with Crippen molar-refractivity contribution in [1.82, 2.24) is 5.32 Å². The van der Waals surface area contributed by atoms with Crippen LogP contribution in [0.25, 0.3) is 0 Å². The van der Waals surface area contributed by atoms with Crippen LogP contribution in [0.4, 0.5) is 0 Å². The van der Waals surface area contributed by atoms with Gasteiger partial charge in [-0.1, -0.05) is 6.07 Å². The summed E-state index contributed by atoms with van der Waals surface area (Å²) < 4.78 is 22.2. The molecule has 2 aromatic rings. The quantitative estimate of drug-likeness (QED) is 0.703. The van der Waals surface area contributed by atoms with E-state index >= 15 is 0 Å². The van der Waals surface area contributed by atoms with Crippen molar-refractivity contribution in [2.45, 2.75) is 13.5 Å². The molecule has 7 heteroatoms. The molecule has 2 aromatic carbocycles. The summed E-state index contributed by atoms with van der Waals surface area (Å²) in [6.45, 7) is 2.18. The minimum atomic E-state index is -0.241. The lowest BCUT2D eigenvalue weighted by atomic mass is 10.1. The van der Waals surface area contributed by atoms with Gasteiger partial charge in [0.1, 0.15) is 11.5 Å². The molecular weight excluding hydrogens is 402 g/mol. The number of carbonyl (C=O) groups excluding carboxylic acids is 1. The molecule has 1 amide bonds. The zero-order valence-electron chi connectivity index (χ0n) is 15.2. The van der Waals surface area contributed by atoms with Gasteiger partial charge in [-0.3, -0.25) is 4.79 Å². The number of halogens is 1. The molecule has 0 saturated heterocycles. The second-order valence-corrected chi connectivity index (χ2v) is 6.37. The Morgan fingerprint density at radius 2 is 1.62 bits per heavy atom. The van der Waals surface area contributed by atoms with Gasteiger partial charge in [0.15, 0.2) is 18.1 Å². The molecule has 140 valence electrons. The van der Waals surface area contributed by atoms with E-state index in [2.05, 4.69) is 21.2 Å². The highest BCUT2D eigenvalue weighted by Gasteiger charge is 2.13. The van der Waals surface area contributed by atoms with E-state index in [4.69, 9.17) is 18.9 Å². The van der Waals surface area contributed by atoms with Crippen LogP contribution in [-0.2, 0) is 11.3 Å². The van der Waals surface area contributed by atoms with Gasteiger partial charge in [-0.2, -0.15) is 0 Å². The smallest absolute Gasteiger partial charge is 0.258 e. The number of ether oxygens (including phenoxy) is 4. The molecule has 0 aromatic heterocycles. The molecule has 1 N–H and O–H groups in total. The molecule has 2 rings (SSSR count). The maximum absolute atomic E-state index is 12.1. The van der Waals surface area contributed by atoms with E-state index in [0.29, 0.717) is 23.0 Å². The Labute approximate surface area is 161 Å². The lowest BCUT2D eigenvalue weighted by Gasteiger charge is -2.15. The van der Waals surface area contributed by atoms with Gasteiger partial charge in [-0.05, 0) is 46.6 Å². The summed E-state index contributed by atoms with van der Waals surface area (Å²) >= 11 is 3.42. The van der Waals surface area contributed by atoms with Crippen LogP contribution in [-0.4, -0.2) is 33.8 Å². The summed E-state index contributed by atoms with van der Waals surface area (Å²) in [5.41, 5.74) is 1.88. The van der Waals surface area contributed by atoms with Crippen LogP contribution in [0.3, 0.4) is 0 Å². The van der Waals surface area contributed by atoms with Crippen molar-refractivity contribution >= 4 is 21.8 Å². The van der Waals surface area contributed by atoms with Crippen molar-refractivity contribution < 1.29 is 23.7 Å². The molecule has 0 saturated carbocycles. The second kappa shape index (κ2) is 9.33. The fourth-order valence-corrected chi connectivity index (χ4v) is 2.95. The first-order valence-electron chi connectivity index (χ1n) is 7.93. The number of aryl methyl sites for hydroxylation is 1. The Bertz CT molecular complexity index is 779. The molecule has 0 heterocycles. The van der Waals surface area contributed by atoms with E-state index in [-0.39, 0.29) is 19.1 Å². The van der Waals surface area contributed by atoms with Crippen LogP contribution < -0.4 is 24.3 Å². The maximum Gasteiger partial charge on any atom is 0.258 e. The van der Waals surface area contributed by atoms with Gasteiger partial charge in [0, 0.05) is 18.2 Å². The average molecular weight is 424 g/mol. The predicted molar refractivity (Wildman–Crippen MR) is 102 cm³/mol. The summed E-state index contributed by atoms with van der Waals surface area (Å²) in [5.74, 6) is 2.11. The van der Waals surface area contributed by atoms with E-state index in [1.807, 2.05) is 25.1 Å². The minimum absolute atomic E-state index is 0.0860. The van der Waals surface area contributed by atoms with Crippen molar-refractivity contribution in [3.05, 3.63) is 45.9 Å². The molecule has 0 unspecified atom stereocenters. The number of amides is 1. The lowest BCUT2D eigenvalue weighted by Crippen LogP contribution is -2.28. The summed E-state index contributed by atoms with van der Waals surface area (Å²) in [4.78, 5) is 12.1. The van der Waals surface area contributed by atoms with E-state index in [9.17, 15) is 4.79 Å². The molecule has 0 spiro atoms. The van der Waals surface area contributed by atoms with Gasteiger partial charge in [0.05, 0.1) is 25.8 Å². The van der Waals surface area contributed by atoms with Gasteiger partial charge in [0.2, 0.25) is 0 Å². The normalized spacial score (nSPS) is 10.2. The number of nitrogens with one attached hydrogen (secondary N) is 1. The Kier molecular flexibility index (Phi) is 7.15. The number of hydrogen-bond acceptors (Lipinski definition) is 5. The van der Waals surface area contributed by atoms with E-state index < -0.39 is 0 Å². The number of carbonyl (C=O) groups is 1. The Balaban J connectivity index is 1.98. The number of hydrogen-bond donors (Lipinski definition) is 1.